The average molecular weight is 388 g/mol. The van der Waals surface area contributed by atoms with Gasteiger partial charge in [0.05, 0.1) is 17.0 Å². The number of anilines is 1. The number of primary amides is 1. The molecule has 3 rings (SSSR count). The van der Waals surface area contributed by atoms with Crippen molar-refractivity contribution < 1.29 is 9.59 Å². The molecule has 0 fully saturated rings. The molecule has 0 unspecified atom stereocenters. The third-order valence-electron chi connectivity index (χ3n) is 3.54. The van der Waals surface area contributed by atoms with E-state index >= 15 is 0 Å². The molecular formula is C16H16N6O2S2. The van der Waals surface area contributed by atoms with Crippen molar-refractivity contribution in [1.82, 2.24) is 20.2 Å². The van der Waals surface area contributed by atoms with Crippen LogP contribution in [0.1, 0.15) is 21.5 Å². The Morgan fingerprint density at radius 1 is 1.31 bits per heavy atom. The quantitative estimate of drug-likeness (QED) is 0.625. The predicted molar refractivity (Wildman–Crippen MR) is 101 cm³/mol. The highest BCUT2D eigenvalue weighted by Gasteiger charge is 2.15. The summed E-state index contributed by atoms with van der Waals surface area (Å²) in [5.41, 5.74) is 8.62. The highest BCUT2D eigenvalue weighted by Crippen LogP contribution is 2.24. The van der Waals surface area contributed by atoms with Crippen molar-refractivity contribution in [1.29, 1.82) is 0 Å². The number of amides is 2. The molecule has 10 heteroatoms. The van der Waals surface area contributed by atoms with E-state index in [4.69, 9.17) is 5.73 Å². The number of carbonyl (C=O) groups excluding carboxylic acids is 2. The Labute approximate surface area is 157 Å². The van der Waals surface area contributed by atoms with Gasteiger partial charge >= 0.3 is 0 Å². The summed E-state index contributed by atoms with van der Waals surface area (Å²) in [7, 11) is 0. The minimum atomic E-state index is -0.576. The number of hydrogen-bond acceptors (Lipinski definition) is 7. The summed E-state index contributed by atoms with van der Waals surface area (Å²) < 4.78 is 1.60. The van der Waals surface area contributed by atoms with Crippen LogP contribution in [-0.2, 0) is 4.79 Å². The van der Waals surface area contributed by atoms with Crippen LogP contribution < -0.4 is 11.1 Å². The van der Waals surface area contributed by atoms with Gasteiger partial charge in [0.15, 0.2) is 0 Å². The number of thioether (sulfide) groups is 1. The van der Waals surface area contributed by atoms with Gasteiger partial charge in [0.1, 0.15) is 5.00 Å². The van der Waals surface area contributed by atoms with Gasteiger partial charge in [-0.25, -0.2) is 0 Å². The van der Waals surface area contributed by atoms with Crippen molar-refractivity contribution in [3.63, 3.8) is 0 Å². The smallest absolute Gasteiger partial charge is 0.251 e. The fourth-order valence-corrected chi connectivity index (χ4v) is 3.85. The van der Waals surface area contributed by atoms with Gasteiger partial charge in [-0.15, -0.1) is 16.4 Å². The summed E-state index contributed by atoms with van der Waals surface area (Å²) in [6, 6.07) is 7.54. The summed E-state index contributed by atoms with van der Waals surface area (Å²) >= 11 is 2.45. The third kappa shape index (κ3) is 3.92. The van der Waals surface area contributed by atoms with E-state index < -0.39 is 5.91 Å². The second-order valence-electron chi connectivity index (χ2n) is 5.53. The molecule has 2 aromatic heterocycles. The second kappa shape index (κ2) is 7.67. The number of aromatic nitrogens is 4. The van der Waals surface area contributed by atoms with E-state index in [-0.39, 0.29) is 11.7 Å². The summed E-state index contributed by atoms with van der Waals surface area (Å²) in [4.78, 5) is 23.5. The maximum atomic E-state index is 12.2. The predicted octanol–water partition coefficient (Wildman–Crippen LogP) is 2.17. The molecule has 0 saturated carbocycles. The zero-order chi connectivity index (χ0) is 18.7. The van der Waals surface area contributed by atoms with Gasteiger partial charge in [-0.3, -0.25) is 9.59 Å². The minimum Gasteiger partial charge on any atom is -0.366 e. The topological polar surface area (TPSA) is 116 Å². The van der Waals surface area contributed by atoms with E-state index in [1.807, 2.05) is 32.0 Å². The van der Waals surface area contributed by atoms with E-state index in [0.717, 1.165) is 16.8 Å². The Kier molecular flexibility index (Phi) is 5.33. The van der Waals surface area contributed by atoms with Gasteiger partial charge in [-0.1, -0.05) is 29.5 Å². The van der Waals surface area contributed by atoms with E-state index in [9.17, 15) is 9.59 Å². The largest absolute Gasteiger partial charge is 0.366 e. The fourth-order valence-electron chi connectivity index (χ4n) is 2.36. The maximum Gasteiger partial charge on any atom is 0.251 e. The molecule has 134 valence electrons. The van der Waals surface area contributed by atoms with Crippen LogP contribution >= 0.6 is 23.1 Å². The lowest BCUT2D eigenvalue weighted by Crippen LogP contribution is -2.18. The first kappa shape index (κ1) is 18.1. The molecule has 8 nitrogen and oxygen atoms in total. The number of tetrazole rings is 1. The molecule has 0 aliphatic heterocycles. The van der Waals surface area contributed by atoms with Crippen molar-refractivity contribution in [2.24, 2.45) is 5.73 Å². The normalized spacial score (nSPS) is 10.7. The molecule has 2 heterocycles. The number of aryl methyl sites for hydroxylation is 2. The lowest BCUT2D eigenvalue weighted by molar-refractivity contribution is -0.113. The molecule has 0 spiro atoms. The van der Waals surface area contributed by atoms with Crippen LogP contribution in [-0.4, -0.2) is 37.8 Å². The van der Waals surface area contributed by atoms with Crippen LogP contribution in [0.2, 0.25) is 0 Å². The molecule has 0 aliphatic carbocycles. The van der Waals surface area contributed by atoms with Crippen LogP contribution in [0, 0.1) is 13.8 Å². The number of hydrogen-bond donors (Lipinski definition) is 2. The van der Waals surface area contributed by atoms with Crippen molar-refractivity contribution >= 4 is 39.9 Å². The molecule has 1 aromatic carbocycles. The number of nitrogens with two attached hydrogens (primary N) is 1. The Hall–Kier alpha value is -2.72. The number of nitrogens with zero attached hydrogens (tertiary/aromatic N) is 4. The summed E-state index contributed by atoms with van der Waals surface area (Å²) in [6.07, 6.45) is 0. The number of nitrogens with one attached hydrogen (secondary N) is 1. The van der Waals surface area contributed by atoms with Crippen LogP contribution in [0.4, 0.5) is 5.00 Å². The molecule has 3 N–H and O–H groups in total. The monoisotopic (exact) mass is 388 g/mol. The molecule has 0 saturated heterocycles. The molecule has 3 aromatic rings. The van der Waals surface area contributed by atoms with Gasteiger partial charge in [0.25, 0.3) is 5.91 Å². The first-order valence-electron chi connectivity index (χ1n) is 7.61. The Morgan fingerprint density at radius 3 is 2.85 bits per heavy atom. The van der Waals surface area contributed by atoms with Crippen LogP contribution in [0.5, 0.6) is 0 Å². The van der Waals surface area contributed by atoms with Crippen LogP contribution in [0.15, 0.2) is 34.8 Å². The molecule has 0 radical (unpaired) electrons. The SMILES string of the molecule is Cc1ccc(-n2nnnc2SCC(=O)Nc2sccc2C(N)=O)c(C)c1. The zero-order valence-electron chi connectivity index (χ0n) is 14.1. The van der Waals surface area contributed by atoms with Gasteiger partial charge < -0.3 is 11.1 Å². The molecule has 0 atom stereocenters. The highest BCUT2D eigenvalue weighted by atomic mass is 32.2. The van der Waals surface area contributed by atoms with E-state index in [2.05, 4.69) is 20.8 Å². The van der Waals surface area contributed by atoms with Gasteiger partial charge in [0.2, 0.25) is 11.1 Å². The lowest BCUT2D eigenvalue weighted by atomic mass is 10.1. The van der Waals surface area contributed by atoms with Crippen LogP contribution in [0.25, 0.3) is 5.69 Å². The first-order chi connectivity index (χ1) is 12.5. The lowest BCUT2D eigenvalue weighted by Gasteiger charge is -2.08. The number of thiophene rings is 1. The van der Waals surface area contributed by atoms with Crippen molar-refractivity contribution in [3.05, 3.63) is 46.3 Å². The van der Waals surface area contributed by atoms with Gasteiger partial charge in [-0.2, -0.15) is 4.68 Å². The Morgan fingerprint density at radius 2 is 2.12 bits per heavy atom. The maximum absolute atomic E-state index is 12.2. The van der Waals surface area contributed by atoms with Crippen LogP contribution in [0.3, 0.4) is 0 Å². The van der Waals surface area contributed by atoms with Gasteiger partial charge in [0, 0.05) is 0 Å². The second-order valence-corrected chi connectivity index (χ2v) is 7.39. The summed E-state index contributed by atoms with van der Waals surface area (Å²) in [6.45, 7) is 3.99. The highest BCUT2D eigenvalue weighted by molar-refractivity contribution is 7.99. The van der Waals surface area contributed by atoms with Crippen molar-refractivity contribution in [2.45, 2.75) is 19.0 Å². The molecule has 2 amide bonds. The van der Waals surface area contributed by atoms with Crippen molar-refractivity contribution in [2.75, 3.05) is 11.1 Å². The molecule has 26 heavy (non-hydrogen) atoms. The van der Waals surface area contributed by atoms with Gasteiger partial charge in [-0.05, 0) is 47.4 Å². The summed E-state index contributed by atoms with van der Waals surface area (Å²) in [5, 5.41) is 17.0. The zero-order valence-corrected chi connectivity index (χ0v) is 15.7. The fraction of sp³-hybridized carbons (Fsp3) is 0.188. The standard InChI is InChI=1S/C16H16N6O2S2/c1-9-3-4-12(10(2)7-9)22-16(19-20-21-22)26-8-13(23)18-15-11(14(17)24)5-6-25-15/h3-7H,8H2,1-2H3,(H2,17,24)(H,18,23). The molecule has 0 aliphatic rings. The van der Waals surface area contributed by atoms with E-state index in [0.29, 0.717) is 15.7 Å². The van der Waals surface area contributed by atoms with E-state index in [1.54, 1.807) is 16.1 Å². The number of carbonyl (C=O) groups is 2. The first-order valence-corrected chi connectivity index (χ1v) is 9.48. The molecule has 0 bridgehead atoms. The Bertz CT molecular complexity index is 965. The minimum absolute atomic E-state index is 0.0986. The molecular weight excluding hydrogens is 372 g/mol. The number of rotatable bonds is 6. The number of benzene rings is 1. The average Bonchev–Trinajstić information content (AvgIpc) is 3.22. The Balaban J connectivity index is 1.69. The summed E-state index contributed by atoms with van der Waals surface area (Å²) in [5.74, 6) is -0.746. The van der Waals surface area contributed by atoms with E-state index in [1.165, 1.54) is 23.1 Å². The third-order valence-corrected chi connectivity index (χ3v) is 5.29. The van der Waals surface area contributed by atoms with Crippen molar-refractivity contribution in [3.8, 4) is 5.69 Å².